The van der Waals surface area contributed by atoms with Crippen LogP contribution in [-0.4, -0.2) is 42.6 Å². The van der Waals surface area contributed by atoms with E-state index in [1.807, 2.05) is 25.1 Å². The van der Waals surface area contributed by atoms with Crippen molar-refractivity contribution in [2.75, 3.05) is 5.32 Å². The van der Waals surface area contributed by atoms with Crippen LogP contribution in [0.15, 0.2) is 36.9 Å². The number of aromatic amines is 1. The van der Waals surface area contributed by atoms with Crippen LogP contribution in [0.25, 0.3) is 11.2 Å². The predicted molar refractivity (Wildman–Crippen MR) is 120 cm³/mol. The van der Waals surface area contributed by atoms with Crippen LogP contribution in [0.5, 0.6) is 0 Å². The third-order valence-corrected chi connectivity index (χ3v) is 7.73. The van der Waals surface area contributed by atoms with Gasteiger partial charge in [-0.3, -0.25) is 9.78 Å². The summed E-state index contributed by atoms with van der Waals surface area (Å²) in [6.07, 6.45) is 9.86. The highest BCUT2D eigenvalue weighted by atomic mass is 16.3. The lowest BCUT2D eigenvalue weighted by molar-refractivity contribution is -0.129. The summed E-state index contributed by atoms with van der Waals surface area (Å²) < 4.78 is 0. The van der Waals surface area contributed by atoms with E-state index in [1.165, 1.54) is 0 Å². The number of nitrogens with one attached hydrogen (secondary N) is 3. The number of carbonyl (C=O) groups excluding carboxylic acids is 1. The molecule has 1 amide bonds. The SMILES string of the molecule is CC(NC(=O)c1cnc2nc[nH]c2c1NC1C2CC3CC1CC(O)(C3)C2)c1ccccn1. The van der Waals surface area contributed by atoms with Gasteiger partial charge in [-0.1, -0.05) is 6.07 Å². The Kier molecular flexibility index (Phi) is 4.47. The Hall–Kier alpha value is -3.00. The normalized spacial score (nSPS) is 31.6. The number of anilines is 1. The molecule has 3 atom stereocenters. The third-order valence-electron chi connectivity index (χ3n) is 7.73. The van der Waals surface area contributed by atoms with Crippen molar-refractivity contribution in [3.63, 3.8) is 0 Å². The van der Waals surface area contributed by atoms with Crippen LogP contribution in [0, 0.1) is 17.8 Å². The van der Waals surface area contributed by atoms with E-state index in [4.69, 9.17) is 0 Å². The van der Waals surface area contributed by atoms with Gasteiger partial charge in [-0.2, -0.15) is 0 Å². The molecule has 3 aromatic rings. The first-order valence-electron chi connectivity index (χ1n) is 11.5. The van der Waals surface area contributed by atoms with E-state index in [-0.39, 0.29) is 18.0 Å². The van der Waals surface area contributed by atoms with Gasteiger partial charge in [0.25, 0.3) is 5.91 Å². The predicted octanol–water partition coefficient (Wildman–Crippen LogP) is 3.20. The maximum atomic E-state index is 13.3. The molecule has 4 aliphatic carbocycles. The monoisotopic (exact) mass is 432 g/mol. The van der Waals surface area contributed by atoms with Crippen LogP contribution in [0.2, 0.25) is 0 Å². The van der Waals surface area contributed by atoms with Gasteiger partial charge in [0.15, 0.2) is 5.65 Å². The second-order valence-electron chi connectivity index (χ2n) is 9.96. The molecule has 0 saturated heterocycles. The van der Waals surface area contributed by atoms with Crippen molar-refractivity contribution in [3.05, 3.63) is 48.2 Å². The number of aromatic nitrogens is 4. The molecule has 4 N–H and O–H groups in total. The second-order valence-corrected chi connectivity index (χ2v) is 9.96. The van der Waals surface area contributed by atoms with E-state index in [9.17, 15) is 9.90 Å². The number of hydrogen-bond acceptors (Lipinski definition) is 6. The zero-order valence-electron chi connectivity index (χ0n) is 18.1. The van der Waals surface area contributed by atoms with Gasteiger partial charge in [0.1, 0.15) is 5.52 Å². The molecular weight excluding hydrogens is 404 g/mol. The van der Waals surface area contributed by atoms with Crippen LogP contribution < -0.4 is 10.6 Å². The molecule has 7 rings (SSSR count). The number of carbonyl (C=O) groups is 1. The number of amides is 1. The summed E-state index contributed by atoms with van der Waals surface area (Å²) in [7, 11) is 0. The Bertz CT molecular complexity index is 1150. The standard InChI is InChI=1S/C24H28N6O2/c1-13(18-4-2-3-5-25-18)29-23(31)17-11-26-22-21(27-12-28-22)20(17)30-19-15-6-14-7-16(19)10-24(32,8-14)9-15/h2-5,11-16,19,32H,6-10H2,1H3,(H,29,31)(H2,26,27,28,30). The number of hydrogen-bond donors (Lipinski definition) is 4. The van der Waals surface area contributed by atoms with E-state index >= 15 is 0 Å². The Morgan fingerprint density at radius 1 is 1.19 bits per heavy atom. The van der Waals surface area contributed by atoms with Crippen LogP contribution in [0.4, 0.5) is 5.69 Å². The first-order chi connectivity index (χ1) is 15.5. The van der Waals surface area contributed by atoms with E-state index < -0.39 is 5.60 Å². The summed E-state index contributed by atoms with van der Waals surface area (Å²) >= 11 is 0. The largest absolute Gasteiger partial charge is 0.390 e. The van der Waals surface area contributed by atoms with E-state index in [2.05, 4.69) is 30.6 Å². The number of imidazole rings is 1. The minimum atomic E-state index is -0.492. The molecule has 3 unspecified atom stereocenters. The molecule has 4 fully saturated rings. The van der Waals surface area contributed by atoms with Gasteiger partial charge in [-0.15, -0.1) is 0 Å². The number of nitrogens with zero attached hydrogens (tertiary/aromatic N) is 3. The summed E-state index contributed by atoms with van der Waals surface area (Å²) in [6.45, 7) is 1.92. The van der Waals surface area contributed by atoms with Gasteiger partial charge >= 0.3 is 0 Å². The highest BCUT2D eigenvalue weighted by Gasteiger charge is 2.54. The van der Waals surface area contributed by atoms with Crippen molar-refractivity contribution in [3.8, 4) is 0 Å². The Balaban J connectivity index is 1.31. The molecule has 8 nitrogen and oxygen atoms in total. The van der Waals surface area contributed by atoms with Crippen LogP contribution in [0.1, 0.15) is 61.1 Å². The van der Waals surface area contributed by atoms with E-state index in [0.29, 0.717) is 29.0 Å². The number of H-pyrrole nitrogens is 1. The molecule has 4 aliphatic rings. The summed E-state index contributed by atoms with van der Waals surface area (Å²) in [4.78, 5) is 29.5. The average molecular weight is 433 g/mol. The molecule has 3 heterocycles. The highest BCUT2D eigenvalue weighted by Crippen LogP contribution is 2.56. The first-order valence-corrected chi connectivity index (χ1v) is 11.5. The topological polar surface area (TPSA) is 116 Å². The maximum Gasteiger partial charge on any atom is 0.255 e. The quantitative estimate of drug-likeness (QED) is 0.492. The molecule has 0 radical (unpaired) electrons. The van der Waals surface area contributed by atoms with Crippen molar-refractivity contribution in [2.45, 2.75) is 56.7 Å². The molecule has 8 heteroatoms. The van der Waals surface area contributed by atoms with Crippen molar-refractivity contribution < 1.29 is 9.90 Å². The lowest BCUT2D eigenvalue weighted by atomic mass is 9.52. The van der Waals surface area contributed by atoms with Crippen molar-refractivity contribution in [1.82, 2.24) is 25.3 Å². The minimum Gasteiger partial charge on any atom is -0.390 e. The van der Waals surface area contributed by atoms with Gasteiger partial charge in [0.05, 0.1) is 34.9 Å². The zero-order valence-corrected chi connectivity index (χ0v) is 18.1. The van der Waals surface area contributed by atoms with Crippen LogP contribution in [-0.2, 0) is 0 Å². The smallest absolute Gasteiger partial charge is 0.255 e. The van der Waals surface area contributed by atoms with Gasteiger partial charge in [0, 0.05) is 18.4 Å². The highest BCUT2D eigenvalue weighted by molar-refractivity contribution is 6.05. The first kappa shape index (κ1) is 19.7. The lowest BCUT2D eigenvalue weighted by Crippen LogP contribution is -2.59. The Morgan fingerprint density at radius 2 is 2.00 bits per heavy atom. The third kappa shape index (κ3) is 3.24. The molecule has 3 aromatic heterocycles. The average Bonchev–Trinajstić information content (AvgIpc) is 3.25. The summed E-state index contributed by atoms with van der Waals surface area (Å²) in [5.74, 6) is 1.26. The fourth-order valence-corrected chi connectivity index (χ4v) is 6.58. The molecule has 166 valence electrons. The number of rotatable bonds is 5. The molecule has 4 saturated carbocycles. The fraction of sp³-hybridized carbons (Fsp3) is 0.500. The fourth-order valence-electron chi connectivity index (χ4n) is 6.58. The Morgan fingerprint density at radius 3 is 2.72 bits per heavy atom. The summed E-state index contributed by atoms with van der Waals surface area (Å²) in [6, 6.07) is 5.68. The maximum absolute atomic E-state index is 13.3. The molecule has 4 bridgehead atoms. The molecule has 32 heavy (non-hydrogen) atoms. The molecule has 0 aromatic carbocycles. The number of aliphatic hydroxyl groups is 1. The molecule has 0 spiro atoms. The Labute approximate surface area is 186 Å². The summed E-state index contributed by atoms with van der Waals surface area (Å²) in [5, 5.41) is 17.7. The van der Waals surface area contributed by atoms with Gasteiger partial charge in [-0.25, -0.2) is 9.97 Å². The molecule has 0 aliphatic heterocycles. The molecular formula is C24H28N6O2. The van der Waals surface area contributed by atoms with E-state index in [1.54, 1.807) is 18.7 Å². The van der Waals surface area contributed by atoms with Crippen molar-refractivity contribution in [1.29, 1.82) is 0 Å². The number of pyridine rings is 2. The van der Waals surface area contributed by atoms with Crippen molar-refractivity contribution >= 4 is 22.8 Å². The minimum absolute atomic E-state index is 0.197. The van der Waals surface area contributed by atoms with Crippen LogP contribution in [0.3, 0.4) is 0 Å². The zero-order chi connectivity index (χ0) is 21.9. The number of fused-ring (bicyclic) bond motifs is 1. The lowest BCUT2D eigenvalue weighted by Gasteiger charge is -2.58. The second kappa shape index (κ2) is 7.27. The summed E-state index contributed by atoms with van der Waals surface area (Å²) in [5.41, 5.74) is 2.90. The van der Waals surface area contributed by atoms with E-state index in [0.717, 1.165) is 49.0 Å². The van der Waals surface area contributed by atoms with Gasteiger partial charge < -0.3 is 20.7 Å². The van der Waals surface area contributed by atoms with Crippen LogP contribution >= 0.6 is 0 Å². The van der Waals surface area contributed by atoms with Gasteiger partial charge in [-0.05, 0) is 68.9 Å². The van der Waals surface area contributed by atoms with Gasteiger partial charge in [0.2, 0.25) is 0 Å². The van der Waals surface area contributed by atoms with Crippen molar-refractivity contribution in [2.24, 2.45) is 17.8 Å².